The zero-order valence-electron chi connectivity index (χ0n) is 16.1. The molecule has 1 N–H and O–H groups in total. The Bertz CT molecular complexity index is 749. The molecule has 3 atom stereocenters. The number of aromatic nitrogens is 2. The van der Waals surface area contributed by atoms with Crippen LogP contribution >= 0.6 is 0 Å². The van der Waals surface area contributed by atoms with Crippen molar-refractivity contribution < 1.29 is 9.53 Å². The van der Waals surface area contributed by atoms with Crippen molar-refractivity contribution in [2.75, 3.05) is 19.6 Å². The van der Waals surface area contributed by atoms with Gasteiger partial charge in [-0.2, -0.15) is 5.10 Å². The molecule has 1 amide bonds. The lowest BCUT2D eigenvalue weighted by atomic mass is 10.1. The molecule has 0 saturated carbocycles. The number of H-pyrrole nitrogens is 1. The average Bonchev–Trinajstić information content (AvgIpc) is 3.32. The lowest BCUT2D eigenvalue weighted by molar-refractivity contribution is -0.0704. The highest BCUT2D eigenvalue weighted by Gasteiger charge is 2.31. The van der Waals surface area contributed by atoms with Crippen LogP contribution in [-0.2, 0) is 11.3 Å². The van der Waals surface area contributed by atoms with Crippen molar-refractivity contribution in [2.24, 2.45) is 0 Å². The number of hydrogen-bond donors (Lipinski definition) is 1. The van der Waals surface area contributed by atoms with Crippen molar-refractivity contribution >= 4 is 5.91 Å². The minimum atomic E-state index is 0.104. The van der Waals surface area contributed by atoms with E-state index in [4.69, 9.17) is 4.74 Å². The molecule has 0 spiro atoms. The molecule has 1 aromatic heterocycles. The van der Waals surface area contributed by atoms with Gasteiger partial charge in [0.2, 0.25) is 0 Å². The first-order chi connectivity index (χ1) is 13.1. The van der Waals surface area contributed by atoms with Gasteiger partial charge in [0.25, 0.3) is 5.91 Å². The van der Waals surface area contributed by atoms with Crippen molar-refractivity contribution in [2.45, 2.75) is 51.5 Å². The molecule has 4 rings (SSSR count). The summed E-state index contributed by atoms with van der Waals surface area (Å²) >= 11 is 0. The number of nitrogens with one attached hydrogen (secondary N) is 1. The maximum atomic E-state index is 13.0. The van der Waals surface area contributed by atoms with Gasteiger partial charge in [0.15, 0.2) is 0 Å². The van der Waals surface area contributed by atoms with Crippen LogP contribution in [-0.4, -0.2) is 57.7 Å². The number of nitrogens with zero attached hydrogens (tertiary/aromatic N) is 3. The van der Waals surface area contributed by atoms with Gasteiger partial charge in [-0.05, 0) is 50.5 Å². The number of amides is 1. The third-order valence-corrected chi connectivity index (χ3v) is 5.50. The monoisotopic (exact) mass is 368 g/mol. The third kappa shape index (κ3) is 4.06. The highest BCUT2D eigenvalue weighted by atomic mass is 16.5. The normalized spacial score (nSPS) is 26.4. The molecule has 144 valence electrons. The molecule has 0 radical (unpaired) electrons. The molecule has 2 aliphatic heterocycles. The molecule has 2 saturated heterocycles. The van der Waals surface area contributed by atoms with Crippen LogP contribution in [0.2, 0.25) is 0 Å². The summed E-state index contributed by atoms with van der Waals surface area (Å²) in [5, 5.41) is 7.05. The molecule has 0 bridgehead atoms. The lowest BCUT2D eigenvalue weighted by Crippen LogP contribution is -2.44. The number of hydrogen-bond acceptors (Lipinski definition) is 4. The molecule has 2 fully saturated rings. The maximum absolute atomic E-state index is 13.0. The molecular formula is C21H28N4O2. The molecule has 0 aliphatic carbocycles. The number of benzene rings is 1. The number of morpholine rings is 1. The number of ether oxygens (including phenoxy) is 1. The van der Waals surface area contributed by atoms with Gasteiger partial charge in [0.05, 0.1) is 23.9 Å². The summed E-state index contributed by atoms with van der Waals surface area (Å²) in [4.78, 5) is 17.4. The van der Waals surface area contributed by atoms with E-state index in [1.165, 1.54) is 5.56 Å². The van der Waals surface area contributed by atoms with E-state index >= 15 is 0 Å². The third-order valence-electron chi connectivity index (χ3n) is 5.50. The molecule has 6 heteroatoms. The second-order valence-electron chi connectivity index (χ2n) is 7.82. The number of carbonyl (C=O) groups excluding carboxylic acids is 1. The molecule has 2 aliphatic rings. The van der Waals surface area contributed by atoms with E-state index in [0.29, 0.717) is 0 Å². The number of carbonyl (C=O) groups is 1. The van der Waals surface area contributed by atoms with E-state index in [9.17, 15) is 4.79 Å². The highest BCUT2D eigenvalue weighted by molar-refractivity contribution is 5.94. The van der Waals surface area contributed by atoms with Crippen molar-refractivity contribution in [3.8, 4) is 0 Å². The fraction of sp³-hybridized carbons (Fsp3) is 0.524. The smallest absolute Gasteiger partial charge is 0.254 e. The van der Waals surface area contributed by atoms with Gasteiger partial charge < -0.3 is 9.64 Å². The predicted octanol–water partition coefficient (Wildman–Crippen LogP) is 3.00. The van der Waals surface area contributed by atoms with Crippen LogP contribution in [0.1, 0.15) is 54.3 Å². The Labute approximate surface area is 160 Å². The SMILES string of the molecule is CC1CN(Cc2ccc(C(=O)N3CCCC3c3ccn[nH]3)cc2)CC(C)O1. The molecule has 6 nitrogen and oxygen atoms in total. The van der Waals surface area contributed by atoms with E-state index in [1.807, 2.05) is 23.1 Å². The van der Waals surface area contributed by atoms with E-state index in [1.54, 1.807) is 6.20 Å². The van der Waals surface area contributed by atoms with Crippen molar-refractivity contribution in [1.29, 1.82) is 0 Å². The van der Waals surface area contributed by atoms with E-state index < -0.39 is 0 Å². The van der Waals surface area contributed by atoms with E-state index in [0.717, 1.165) is 50.3 Å². The standard InChI is InChI=1S/C21H28N4O2/c1-15-12-24(13-16(2)27-15)14-17-5-7-18(8-6-17)21(26)25-11-3-4-20(25)19-9-10-22-23-19/h5-10,15-16,20H,3-4,11-14H2,1-2H3,(H,22,23). The van der Waals surface area contributed by atoms with E-state index in [2.05, 4.69) is 41.1 Å². The van der Waals surface area contributed by atoms with E-state index in [-0.39, 0.29) is 24.2 Å². The first kappa shape index (κ1) is 18.2. The average molecular weight is 368 g/mol. The molecule has 3 unspecified atom stereocenters. The lowest BCUT2D eigenvalue weighted by Gasteiger charge is -2.35. The first-order valence-corrected chi connectivity index (χ1v) is 9.87. The van der Waals surface area contributed by atoms with Crippen molar-refractivity contribution in [3.63, 3.8) is 0 Å². The zero-order valence-corrected chi connectivity index (χ0v) is 16.1. The topological polar surface area (TPSA) is 61.5 Å². The Morgan fingerprint density at radius 2 is 1.93 bits per heavy atom. The van der Waals surface area contributed by atoms with Crippen LogP contribution in [0.5, 0.6) is 0 Å². The summed E-state index contributed by atoms with van der Waals surface area (Å²) in [5.41, 5.74) is 3.02. The second kappa shape index (κ2) is 7.82. The van der Waals surface area contributed by atoms with Gasteiger partial charge in [-0.15, -0.1) is 0 Å². The summed E-state index contributed by atoms with van der Waals surface area (Å²) < 4.78 is 5.80. The molecule has 2 aromatic rings. The van der Waals surface area contributed by atoms with Gasteiger partial charge >= 0.3 is 0 Å². The number of likely N-dealkylation sites (tertiary alicyclic amines) is 1. The van der Waals surface area contributed by atoms with Gasteiger partial charge in [-0.3, -0.25) is 14.8 Å². The fourth-order valence-corrected chi connectivity index (χ4v) is 4.38. The van der Waals surface area contributed by atoms with Crippen LogP contribution in [0.4, 0.5) is 0 Å². The summed E-state index contributed by atoms with van der Waals surface area (Å²) in [6.45, 7) is 7.84. The first-order valence-electron chi connectivity index (χ1n) is 9.87. The Hall–Kier alpha value is -2.18. The van der Waals surface area contributed by atoms with Crippen molar-refractivity contribution in [1.82, 2.24) is 20.0 Å². The van der Waals surface area contributed by atoms with Gasteiger partial charge in [0.1, 0.15) is 0 Å². The maximum Gasteiger partial charge on any atom is 0.254 e. The second-order valence-corrected chi connectivity index (χ2v) is 7.82. The Morgan fingerprint density at radius 3 is 2.59 bits per heavy atom. The molecule has 3 heterocycles. The Balaban J connectivity index is 1.42. The minimum absolute atomic E-state index is 0.104. The fourth-order valence-electron chi connectivity index (χ4n) is 4.38. The van der Waals surface area contributed by atoms with Crippen LogP contribution in [0, 0.1) is 0 Å². The minimum Gasteiger partial charge on any atom is -0.373 e. The summed E-state index contributed by atoms with van der Waals surface area (Å²) in [5.74, 6) is 0.104. The number of aromatic amines is 1. The Morgan fingerprint density at radius 1 is 1.19 bits per heavy atom. The van der Waals surface area contributed by atoms with Gasteiger partial charge in [-0.25, -0.2) is 0 Å². The predicted molar refractivity (Wildman–Crippen MR) is 103 cm³/mol. The van der Waals surface area contributed by atoms with Crippen molar-refractivity contribution in [3.05, 3.63) is 53.3 Å². The molecular weight excluding hydrogens is 340 g/mol. The summed E-state index contributed by atoms with van der Waals surface area (Å²) in [6.07, 6.45) is 4.30. The van der Waals surface area contributed by atoms with Crippen LogP contribution in [0.15, 0.2) is 36.5 Å². The van der Waals surface area contributed by atoms with Crippen LogP contribution < -0.4 is 0 Å². The van der Waals surface area contributed by atoms with Crippen LogP contribution in [0.3, 0.4) is 0 Å². The summed E-state index contributed by atoms with van der Waals surface area (Å²) in [6, 6.07) is 10.2. The highest BCUT2D eigenvalue weighted by Crippen LogP contribution is 2.31. The summed E-state index contributed by atoms with van der Waals surface area (Å²) in [7, 11) is 0. The molecule has 27 heavy (non-hydrogen) atoms. The van der Waals surface area contributed by atoms with Crippen LogP contribution in [0.25, 0.3) is 0 Å². The largest absolute Gasteiger partial charge is 0.373 e. The quantitative estimate of drug-likeness (QED) is 0.901. The van der Waals surface area contributed by atoms with Gasteiger partial charge in [-0.1, -0.05) is 12.1 Å². The van der Waals surface area contributed by atoms with Gasteiger partial charge in [0, 0.05) is 37.9 Å². The zero-order chi connectivity index (χ0) is 18.8. The molecule has 1 aromatic carbocycles. The number of rotatable bonds is 4. The Kier molecular flexibility index (Phi) is 5.27.